The van der Waals surface area contributed by atoms with Crippen molar-refractivity contribution in [1.29, 1.82) is 0 Å². The van der Waals surface area contributed by atoms with E-state index < -0.39 is 0 Å². The molecule has 0 spiro atoms. The maximum Gasteiger partial charge on any atom is 0.228 e. The first-order valence-electron chi connectivity index (χ1n) is 7.16. The van der Waals surface area contributed by atoms with Crippen molar-refractivity contribution >= 4 is 38.4 Å². The van der Waals surface area contributed by atoms with Gasteiger partial charge in [-0.2, -0.15) is 0 Å². The Hall–Kier alpha value is -2.07. The maximum absolute atomic E-state index is 12.3. The van der Waals surface area contributed by atoms with Gasteiger partial charge in [-0.3, -0.25) is 4.79 Å². The number of amides is 1. The number of aromatic amines is 1. The lowest BCUT2D eigenvalue weighted by Crippen LogP contribution is -2.14. The molecule has 0 unspecified atom stereocenters. The Bertz CT molecular complexity index is 834. The third kappa shape index (κ3) is 3.07. The van der Waals surface area contributed by atoms with Gasteiger partial charge >= 0.3 is 0 Å². The normalized spacial score (nSPS) is 10.9. The minimum absolute atomic E-state index is 0.00664. The molecule has 1 heterocycles. The molecule has 1 aromatic heterocycles. The predicted octanol–water partition coefficient (Wildman–Crippen LogP) is 4.73. The fourth-order valence-corrected chi connectivity index (χ4v) is 2.95. The second-order valence-electron chi connectivity index (χ2n) is 5.51. The van der Waals surface area contributed by atoms with E-state index in [2.05, 4.69) is 26.2 Å². The molecule has 1 amide bonds. The monoisotopic (exact) mass is 356 g/mol. The van der Waals surface area contributed by atoms with Crippen LogP contribution in [0.25, 0.3) is 10.9 Å². The highest BCUT2D eigenvalue weighted by molar-refractivity contribution is 9.10. The van der Waals surface area contributed by atoms with Gasteiger partial charge in [0.1, 0.15) is 0 Å². The third-order valence-electron chi connectivity index (χ3n) is 3.75. The van der Waals surface area contributed by atoms with Gasteiger partial charge in [-0.05, 0) is 49.7 Å². The van der Waals surface area contributed by atoms with Crippen molar-refractivity contribution in [3.05, 3.63) is 63.8 Å². The molecule has 0 atom stereocenters. The molecule has 0 saturated carbocycles. The van der Waals surface area contributed by atoms with E-state index >= 15 is 0 Å². The summed E-state index contributed by atoms with van der Waals surface area (Å²) in [7, 11) is 0. The van der Waals surface area contributed by atoms with Crippen LogP contribution in [0.15, 0.2) is 46.9 Å². The molecule has 112 valence electrons. The molecule has 0 saturated heterocycles. The zero-order valence-corrected chi connectivity index (χ0v) is 14.1. The number of hydrogen-bond donors (Lipinski definition) is 2. The Morgan fingerprint density at radius 3 is 2.59 bits per heavy atom. The molecule has 3 aromatic rings. The fraction of sp³-hybridized carbons (Fsp3) is 0.167. The highest BCUT2D eigenvalue weighted by Gasteiger charge is 2.13. The molecule has 0 aliphatic carbocycles. The SMILES string of the molecule is Cc1ccc(NC(=O)Cc2c(C)[nH]c3ccc(Br)cc23)cc1. The molecule has 22 heavy (non-hydrogen) atoms. The minimum Gasteiger partial charge on any atom is -0.358 e. The van der Waals surface area contributed by atoms with Crippen LogP contribution in [0.2, 0.25) is 0 Å². The summed E-state index contributed by atoms with van der Waals surface area (Å²) in [5.74, 6) is -0.00664. The molecular formula is C18H17BrN2O. The van der Waals surface area contributed by atoms with E-state index in [1.54, 1.807) is 0 Å². The lowest BCUT2D eigenvalue weighted by molar-refractivity contribution is -0.115. The molecule has 3 nitrogen and oxygen atoms in total. The molecule has 3 rings (SSSR count). The number of hydrogen-bond acceptors (Lipinski definition) is 1. The fourth-order valence-electron chi connectivity index (χ4n) is 2.59. The summed E-state index contributed by atoms with van der Waals surface area (Å²) in [4.78, 5) is 15.6. The van der Waals surface area contributed by atoms with Gasteiger partial charge in [0.25, 0.3) is 0 Å². The standard InChI is InChI=1S/C18H17BrN2O/c1-11-3-6-14(7-4-11)21-18(22)10-15-12(2)20-17-8-5-13(19)9-16(15)17/h3-9,20H,10H2,1-2H3,(H,21,22). The van der Waals surface area contributed by atoms with Gasteiger partial charge in [0, 0.05) is 26.8 Å². The van der Waals surface area contributed by atoms with E-state index in [9.17, 15) is 4.79 Å². The molecular weight excluding hydrogens is 340 g/mol. The highest BCUT2D eigenvalue weighted by atomic mass is 79.9. The zero-order chi connectivity index (χ0) is 15.7. The second kappa shape index (κ2) is 5.97. The smallest absolute Gasteiger partial charge is 0.228 e. The first-order chi connectivity index (χ1) is 10.5. The van der Waals surface area contributed by atoms with Gasteiger partial charge < -0.3 is 10.3 Å². The van der Waals surface area contributed by atoms with E-state index in [1.165, 1.54) is 5.56 Å². The Morgan fingerprint density at radius 2 is 1.86 bits per heavy atom. The maximum atomic E-state index is 12.3. The predicted molar refractivity (Wildman–Crippen MR) is 94.2 cm³/mol. The van der Waals surface area contributed by atoms with E-state index in [0.29, 0.717) is 6.42 Å². The Kier molecular flexibility index (Phi) is 4.03. The van der Waals surface area contributed by atoms with Crippen LogP contribution in [0.4, 0.5) is 5.69 Å². The molecule has 0 fully saturated rings. The summed E-state index contributed by atoms with van der Waals surface area (Å²) in [5.41, 5.74) is 5.14. The van der Waals surface area contributed by atoms with Crippen LogP contribution in [0.5, 0.6) is 0 Å². The summed E-state index contributed by atoms with van der Waals surface area (Å²) in [5, 5.41) is 4.04. The number of fused-ring (bicyclic) bond motifs is 1. The quantitative estimate of drug-likeness (QED) is 0.699. The number of rotatable bonds is 3. The van der Waals surface area contributed by atoms with Crippen LogP contribution < -0.4 is 5.32 Å². The van der Waals surface area contributed by atoms with Crippen molar-refractivity contribution in [2.45, 2.75) is 20.3 Å². The lowest BCUT2D eigenvalue weighted by atomic mass is 10.1. The van der Waals surface area contributed by atoms with Gasteiger partial charge in [0.15, 0.2) is 0 Å². The molecule has 4 heteroatoms. The van der Waals surface area contributed by atoms with Gasteiger partial charge in [-0.15, -0.1) is 0 Å². The van der Waals surface area contributed by atoms with Crippen LogP contribution in [-0.2, 0) is 11.2 Å². The average molecular weight is 357 g/mol. The van der Waals surface area contributed by atoms with Crippen molar-refractivity contribution in [2.75, 3.05) is 5.32 Å². The van der Waals surface area contributed by atoms with Crippen LogP contribution in [0.1, 0.15) is 16.8 Å². The number of anilines is 1. The van der Waals surface area contributed by atoms with Crippen LogP contribution in [-0.4, -0.2) is 10.9 Å². The van der Waals surface area contributed by atoms with E-state index in [0.717, 1.165) is 32.3 Å². The Morgan fingerprint density at radius 1 is 1.14 bits per heavy atom. The van der Waals surface area contributed by atoms with Gasteiger partial charge in [0.2, 0.25) is 5.91 Å². The Balaban J connectivity index is 1.83. The molecule has 2 N–H and O–H groups in total. The number of nitrogens with one attached hydrogen (secondary N) is 2. The zero-order valence-electron chi connectivity index (χ0n) is 12.5. The summed E-state index contributed by atoms with van der Waals surface area (Å²) in [6.07, 6.45) is 0.357. The molecule has 0 radical (unpaired) electrons. The number of aryl methyl sites for hydroxylation is 2. The van der Waals surface area contributed by atoms with Crippen molar-refractivity contribution in [1.82, 2.24) is 4.98 Å². The minimum atomic E-state index is -0.00664. The number of benzene rings is 2. The molecule has 2 aromatic carbocycles. The number of halogens is 1. The summed E-state index contributed by atoms with van der Waals surface area (Å²) in [6, 6.07) is 13.9. The number of aromatic nitrogens is 1. The number of H-pyrrole nitrogens is 1. The van der Waals surface area contributed by atoms with E-state index in [1.807, 2.05) is 56.3 Å². The number of carbonyl (C=O) groups excluding carboxylic acids is 1. The summed E-state index contributed by atoms with van der Waals surface area (Å²) >= 11 is 3.49. The van der Waals surface area contributed by atoms with Crippen molar-refractivity contribution in [2.24, 2.45) is 0 Å². The van der Waals surface area contributed by atoms with Gasteiger partial charge in [0.05, 0.1) is 6.42 Å². The van der Waals surface area contributed by atoms with Crippen molar-refractivity contribution in [3.63, 3.8) is 0 Å². The average Bonchev–Trinajstić information content (AvgIpc) is 2.77. The van der Waals surface area contributed by atoms with Gasteiger partial charge in [-0.25, -0.2) is 0 Å². The van der Waals surface area contributed by atoms with Crippen LogP contribution >= 0.6 is 15.9 Å². The van der Waals surface area contributed by atoms with Gasteiger partial charge in [-0.1, -0.05) is 33.6 Å². The first-order valence-corrected chi connectivity index (χ1v) is 7.95. The van der Waals surface area contributed by atoms with Crippen LogP contribution in [0, 0.1) is 13.8 Å². The summed E-state index contributed by atoms with van der Waals surface area (Å²) < 4.78 is 1.01. The van der Waals surface area contributed by atoms with Crippen LogP contribution in [0.3, 0.4) is 0 Å². The van der Waals surface area contributed by atoms with Crippen molar-refractivity contribution in [3.8, 4) is 0 Å². The topological polar surface area (TPSA) is 44.9 Å². The Labute approximate surface area is 137 Å². The molecule has 0 aliphatic rings. The first kappa shape index (κ1) is 14.9. The van der Waals surface area contributed by atoms with E-state index in [4.69, 9.17) is 0 Å². The highest BCUT2D eigenvalue weighted by Crippen LogP contribution is 2.26. The van der Waals surface area contributed by atoms with Crippen molar-refractivity contribution < 1.29 is 4.79 Å². The summed E-state index contributed by atoms with van der Waals surface area (Å²) in [6.45, 7) is 4.03. The third-order valence-corrected chi connectivity index (χ3v) is 4.25. The lowest BCUT2D eigenvalue weighted by Gasteiger charge is -2.06. The second-order valence-corrected chi connectivity index (χ2v) is 6.43. The van der Waals surface area contributed by atoms with E-state index in [-0.39, 0.29) is 5.91 Å². The molecule has 0 bridgehead atoms. The number of carbonyl (C=O) groups is 1. The molecule has 0 aliphatic heterocycles. The largest absolute Gasteiger partial charge is 0.358 e.